The largest absolute Gasteiger partial charge is 0.494 e. The zero-order chi connectivity index (χ0) is 18.5. The second kappa shape index (κ2) is 7.83. The molecule has 0 fully saturated rings. The summed E-state index contributed by atoms with van der Waals surface area (Å²) >= 11 is 6.09. The number of anilines is 1. The van der Waals surface area contributed by atoms with Gasteiger partial charge in [-0.15, -0.1) is 5.10 Å². The van der Waals surface area contributed by atoms with E-state index in [1.54, 1.807) is 38.3 Å². The smallest absolute Gasteiger partial charge is 0.319 e. The van der Waals surface area contributed by atoms with Crippen molar-refractivity contribution in [2.45, 2.75) is 13.5 Å². The number of hydrogen-bond donors (Lipinski definition) is 2. The minimum absolute atomic E-state index is 0.320. The van der Waals surface area contributed by atoms with Crippen LogP contribution >= 0.6 is 11.6 Å². The molecule has 3 aromatic rings. The van der Waals surface area contributed by atoms with Gasteiger partial charge in [0.25, 0.3) is 0 Å². The molecule has 1 aromatic heterocycles. The summed E-state index contributed by atoms with van der Waals surface area (Å²) in [5.41, 5.74) is 2.04. The summed E-state index contributed by atoms with van der Waals surface area (Å²) in [5.74, 6) is 1.19. The number of hydrogen-bond acceptors (Lipinski definition) is 5. The van der Waals surface area contributed by atoms with Crippen molar-refractivity contribution in [2.75, 3.05) is 12.4 Å². The zero-order valence-corrected chi connectivity index (χ0v) is 15.0. The van der Waals surface area contributed by atoms with Crippen LogP contribution in [0.4, 0.5) is 10.5 Å². The number of methoxy groups -OCH3 is 1. The third kappa shape index (κ3) is 3.92. The maximum atomic E-state index is 12.2. The maximum Gasteiger partial charge on any atom is 0.319 e. The highest BCUT2D eigenvalue weighted by Gasteiger charge is 2.12. The average Bonchev–Trinajstić information content (AvgIpc) is 3.07. The van der Waals surface area contributed by atoms with E-state index in [0.29, 0.717) is 34.5 Å². The lowest BCUT2D eigenvalue weighted by Crippen LogP contribution is -2.28. The van der Waals surface area contributed by atoms with Crippen molar-refractivity contribution in [1.29, 1.82) is 0 Å². The number of halogens is 1. The number of nitrogens with zero attached hydrogens (tertiary/aromatic N) is 4. The van der Waals surface area contributed by atoms with E-state index >= 15 is 0 Å². The molecule has 0 saturated carbocycles. The molecule has 26 heavy (non-hydrogen) atoms. The molecule has 0 atom stereocenters. The van der Waals surface area contributed by atoms with E-state index in [9.17, 15) is 4.79 Å². The van der Waals surface area contributed by atoms with Gasteiger partial charge in [0, 0.05) is 17.3 Å². The Kier molecular flexibility index (Phi) is 5.33. The standard InChI is InChI=1S/C17H17ClN6O2/c1-11-21-22-23-24(11)15-9-13(7-8-16(15)26-2)20-17(25)19-10-12-5-3-4-6-14(12)18/h3-9H,10H2,1-2H3,(H2,19,20,25). The number of urea groups is 1. The third-order valence-electron chi connectivity index (χ3n) is 3.69. The Hall–Kier alpha value is -3.13. The molecule has 2 aromatic carbocycles. The summed E-state index contributed by atoms with van der Waals surface area (Å²) in [7, 11) is 1.56. The van der Waals surface area contributed by atoms with Crippen molar-refractivity contribution in [3.63, 3.8) is 0 Å². The molecular weight excluding hydrogens is 356 g/mol. The molecule has 2 N–H and O–H groups in total. The zero-order valence-electron chi connectivity index (χ0n) is 14.2. The fraction of sp³-hybridized carbons (Fsp3) is 0.176. The van der Waals surface area contributed by atoms with Crippen LogP contribution in [0.15, 0.2) is 42.5 Å². The minimum atomic E-state index is -0.352. The summed E-state index contributed by atoms with van der Waals surface area (Å²) in [4.78, 5) is 12.2. The first-order valence-corrected chi connectivity index (χ1v) is 8.18. The Labute approximate surface area is 155 Å². The molecule has 134 valence electrons. The predicted octanol–water partition coefficient (Wildman–Crippen LogP) is 2.95. The van der Waals surface area contributed by atoms with Crippen molar-refractivity contribution in [1.82, 2.24) is 25.5 Å². The van der Waals surface area contributed by atoms with Crippen LogP contribution in [0, 0.1) is 6.92 Å². The summed E-state index contributed by atoms with van der Waals surface area (Å²) < 4.78 is 6.88. The van der Waals surface area contributed by atoms with Gasteiger partial charge in [-0.2, -0.15) is 4.68 Å². The fourth-order valence-corrected chi connectivity index (χ4v) is 2.58. The summed E-state index contributed by atoms with van der Waals surface area (Å²) in [6.07, 6.45) is 0. The van der Waals surface area contributed by atoms with Gasteiger partial charge in [0.2, 0.25) is 0 Å². The summed E-state index contributed by atoms with van der Waals surface area (Å²) in [5, 5.41) is 17.6. The number of aromatic nitrogens is 4. The van der Waals surface area contributed by atoms with Crippen LogP contribution in [0.25, 0.3) is 5.69 Å². The van der Waals surface area contributed by atoms with Crippen molar-refractivity contribution in [3.8, 4) is 11.4 Å². The van der Waals surface area contributed by atoms with E-state index < -0.39 is 0 Å². The Morgan fingerprint density at radius 1 is 1.27 bits per heavy atom. The van der Waals surface area contributed by atoms with Crippen molar-refractivity contribution >= 4 is 23.3 Å². The van der Waals surface area contributed by atoms with Crippen LogP contribution < -0.4 is 15.4 Å². The topological polar surface area (TPSA) is 94.0 Å². The van der Waals surface area contributed by atoms with E-state index in [1.165, 1.54) is 4.68 Å². The Morgan fingerprint density at radius 2 is 2.08 bits per heavy atom. The van der Waals surface area contributed by atoms with Gasteiger partial charge in [0.05, 0.1) is 7.11 Å². The highest BCUT2D eigenvalue weighted by atomic mass is 35.5. The number of ether oxygens (including phenoxy) is 1. The highest BCUT2D eigenvalue weighted by Crippen LogP contribution is 2.26. The molecule has 0 unspecified atom stereocenters. The lowest BCUT2D eigenvalue weighted by Gasteiger charge is -2.12. The molecule has 9 heteroatoms. The van der Waals surface area contributed by atoms with Gasteiger partial charge in [-0.3, -0.25) is 0 Å². The number of amides is 2. The molecule has 0 aliphatic rings. The molecule has 0 radical (unpaired) electrons. The normalized spacial score (nSPS) is 10.4. The Balaban J connectivity index is 1.73. The second-order valence-corrected chi connectivity index (χ2v) is 5.83. The SMILES string of the molecule is COc1ccc(NC(=O)NCc2ccccc2Cl)cc1-n1nnnc1C. The number of benzene rings is 2. The predicted molar refractivity (Wildman–Crippen MR) is 97.8 cm³/mol. The first-order valence-electron chi connectivity index (χ1n) is 7.80. The maximum absolute atomic E-state index is 12.2. The van der Waals surface area contributed by atoms with E-state index in [2.05, 4.69) is 26.2 Å². The van der Waals surface area contributed by atoms with Crippen LogP contribution in [-0.4, -0.2) is 33.3 Å². The number of carbonyl (C=O) groups excluding carboxylic acids is 1. The van der Waals surface area contributed by atoms with Gasteiger partial charge in [0.1, 0.15) is 11.4 Å². The van der Waals surface area contributed by atoms with E-state index in [1.807, 2.05) is 18.2 Å². The molecule has 0 aliphatic carbocycles. The number of nitrogens with one attached hydrogen (secondary N) is 2. The van der Waals surface area contributed by atoms with Gasteiger partial charge < -0.3 is 15.4 Å². The average molecular weight is 373 g/mol. The molecular formula is C17H17ClN6O2. The summed E-state index contributed by atoms with van der Waals surface area (Å²) in [6.45, 7) is 2.09. The molecule has 0 bridgehead atoms. The van der Waals surface area contributed by atoms with E-state index in [0.717, 1.165) is 5.56 Å². The Bertz CT molecular complexity index is 927. The van der Waals surface area contributed by atoms with Crippen LogP contribution in [0.1, 0.15) is 11.4 Å². The van der Waals surface area contributed by atoms with Crippen molar-refractivity contribution < 1.29 is 9.53 Å². The molecule has 0 saturated heterocycles. The monoisotopic (exact) mass is 372 g/mol. The lowest BCUT2D eigenvalue weighted by atomic mass is 10.2. The first-order chi connectivity index (χ1) is 12.6. The second-order valence-electron chi connectivity index (χ2n) is 5.42. The van der Waals surface area contributed by atoms with E-state index in [4.69, 9.17) is 16.3 Å². The first kappa shape index (κ1) is 17.7. The number of carbonyl (C=O) groups is 1. The van der Waals surface area contributed by atoms with Gasteiger partial charge in [-0.25, -0.2) is 4.79 Å². The Morgan fingerprint density at radius 3 is 2.77 bits per heavy atom. The van der Waals surface area contributed by atoms with Gasteiger partial charge in [0.15, 0.2) is 5.82 Å². The quantitative estimate of drug-likeness (QED) is 0.718. The van der Waals surface area contributed by atoms with Crippen LogP contribution in [0.3, 0.4) is 0 Å². The fourth-order valence-electron chi connectivity index (χ4n) is 2.38. The van der Waals surface area contributed by atoms with Crippen LogP contribution in [-0.2, 0) is 6.54 Å². The van der Waals surface area contributed by atoms with Gasteiger partial charge >= 0.3 is 6.03 Å². The van der Waals surface area contributed by atoms with Gasteiger partial charge in [-0.1, -0.05) is 29.8 Å². The molecule has 0 spiro atoms. The molecule has 0 aliphatic heterocycles. The molecule has 2 amide bonds. The molecule has 3 rings (SSSR count). The highest BCUT2D eigenvalue weighted by molar-refractivity contribution is 6.31. The van der Waals surface area contributed by atoms with E-state index in [-0.39, 0.29) is 6.03 Å². The van der Waals surface area contributed by atoms with Gasteiger partial charge in [-0.05, 0) is 47.2 Å². The lowest BCUT2D eigenvalue weighted by molar-refractivity contribution is 0.251. The van der Waals surface area contributed by atoms with Crippen LogP contribution in [0.2, 0.25) is 5.02 Å². The van der Waals surface area contributed by atoms with Crippen molar-refractivity contribution in [3.05, 3.63) is 58.9 Å². The van der Waals surface area contributed by atoms with Crippen molar-refractivity contribution in [2.24, 2.45) is 0 Å². The number of aryl methyl sites for hydroxylation is 1. The minimum Gasteiger partial charge on any atom is -0.494 e. The van der Waals surface area contributed by atoms with Crippen LogP contribution in [0.5, 0.6) is 5.75 Å². The molecule has 1 heterocycles. The number of rotatable bonds is 5. The molecule has 8 nitrogen and oxygen atoms in total. The third-order valence-corrected chi connectivity index (χ3v) is 4.06. The number of tetrazole rings is 1. The summed E-state index contributed by atoms with van der Waals surface area (Å²) in [6, 6.07) is 12.2.